The molecule has 0 spiro atoms. The number of rotatable bonds is 0. The minimum atomic E-state index is -7.72. The molecule has 0 atom stereocenters. The van der Waals surface area contributed by atoms with Crippen LogP contribution in [0.5, 0.6) is 0 Å². The van der Waals surface area contributed by atoms with Gasteiger partial charge in [0.25, 0.3) is 0 Å². The van der Waals surface area contributed by atoms with Crippen molar-refractivity contribution in [2.24, 2.45) is 0 Å². The molecule has 78 valence electrons. The fourth-order valence-corrected chi connectivity index (χ4v) is 4.89. The first-order valence-electron chi connectivity index (χ1n) is 2.57. The van der Waals surface area contributed by atoms with Gasteiger partial charge in [0, 0.05) is 0 Å². The molecule has 0 N–H and O–H groups in total. The van der Waals surface area contributed by atoms with Gasteiger partial charge in [0.05, 0.1) is 0 Å². The third-order valence-corrected chi connectivity index (χ3v) is 8.62. The zero-order valence-corrected chi connectivity index (χ0v) is 9.97. The maximum atomic E-state index is 11.4. The molecule has 0 saturated heterocycles. The van der Waals surface area contributed by atoms with E-state index in [9.17, 15) is 39.5 Å². The summed E-state index contributed by atoms with van der Waals surface area (Å²) in [5.74, 6) is 0. The van der Waals surface area contributed by atoms with Gasteiger partial charge < -0.3 is 0 Å². The van der Waals surface area contributed by atoms with Crippen LogP contribution in [0.15, 0.2) is 0 Å². The van der Waals surface area contributed by atoms with Crippen molar-refractivity contribution < 1.29 is 39.5 Å². The summed E-state index contributed by atoms with van der Waals surface area (Å²) in [6, 6.07) is 0. The van der Waals surface area contributed by atoms with Crippen molar-refractivity contribution >= 4 is 22.7 Å². The summed E-state index contributed by atoms with van der Waals surface area (Å²) in [5.41, 5.74) is 0. The average molecular weight is 411 g/mol. The van der Waals surface area contributed by atoms with Crippen LogP contribution in [0.1, 0.15) is 0 Å². The van der Waals surface area contributed by atoms with Gasteiger partial charge in [-0.1, -0.05) is 0 Å². The molecule has 0 rings (SSSR count). The van der Waals surface area contributed by atoms with Crippen molar-refractivity contribution in [3.05, 3.63) is 0 Å². The van der Waals surface area contributed by atoms with E-state index in [4.69, 9.17) is 0 Å². The van der Waals surface area contributed by atoms with Gasteiger partial charge >= 0.3 is 73.4 Å². The Morgan fingerprint density at radius 3 is 0.615 bits per heavy atom. The summed E-state index contributed by atoms with van der Waals surface area (Å²) in [5, 5.41) is 0. The van der Waals surface area contributed by atoms with Gasteiger partial charge in [-0.15, -0.1) is 0 Å². The fourth-order valence-electron chi connectivity index (χ4n) is 0.557. The number of hydrogen-bond acceptors (Lipinski definition) is 0. The normalized spacial score (nSPS) is 14.5. The van der Waals surface area contributed by atoms with Gasteiger partial charge in [-0.2, -0.15) is 0 Å². The zero-order chi connectivity index (χ0) is 11.1. The molecule has 0 aromatic heterocycles. The van der Waals surface area contributed by atoms with Gasteiger partial charge in [-0.05, 0) is 0 Å². The Kier molecular flexibility index (Phi) is 3.53. The second-order valence-electron chi connectivity index (χ2n) is 2.06. The molecule has 0 bridgehead atoms. The molecule has 0 aliphatic rings. The Balaban J connectivity index is 5.02. The summed E-state index contributed by atoms with van der Waals surface area (Å²) in [6.07, 6.45) is 0. The maximum absolute atomic E-state index is 11.4. The van der Waals surface area contributed by atoms with Crippen molar-refractivity contribution in [2.75, 3.05) is 0 Å². The molecule has 0 aromatic rings. The van der Waals surface area contributed by atoms with E-state index < -0.39 is 33.9 Å². The van der Waals surface area contributed by atoms with Crippen LogP contribution in [0, 0.1) is 0 Å². The van der Waals surface area contributed by atoms with E-state index in [-0.39, 0.29) is 0 Å². The Morgan fingerprint density at radius 1 is 0.462 bits per heavy atom. The SMILES string of the molecule is F[C](F)(F)[Tl]([C](F)(F)F)[C](F)(F)F. The molecular weight excluding hydrogens is 411 g/mol. The summed E-state index contributed by atoms with van der Waals surface area (Å²) in [7, 11) is 0. The summed E-state index contributed by atoms with van der Waals surface area (Å²) >= 11 is -7.72. The average Bonchev–Trinajstić information content (AvgIpc) is 1.44. The second-order valence-corrected chi connectivity index (χ2v) is 13.1. The zero-order valence-electron chi connectivity index (χ0n) is 5.48. The van der Waals surface area contributed by atoms with Crippen molar-refractivity contribution in [1.82, 2.24) is 0 Å². The van der Waals surface area contributed by atoms with Crippen molar-refractivity contribution in [2.45, 2.75) is 11.2 Å². The second kappa shape index (κ2) is 3.46. The molecule has 0 aromatic carbocycles. The van der Waals surface area contributed by atoms with Crippen LogP contribution < -0.4 is 0 Å². The Labute approximate surface area is 73.8 Å². The number of hydrogen-bond donors (Lipinski definition) is 0. The number of alkyl halides is 9. The molecule has 0 fully saturated rings. The van der Waals surface area contributed by atoms with E-state index in [2.05, 4.69) is 0 Å². The van der Waals surface area contributed by atoms with E-state index in [0.29, 0.717) is 0 Å². The van der Waals surface area contributed by atoms with Gasteiger partial charge in [0.2, 0.25) is 0 Å². The topological polar surface area (TPSA) is 0 Å². The molecular formula is C3F9Tl. The molecule has 0 heterocycles. The van der Waals surface area contributed by atoms with Crippen molar-refractivity contribution in [3.8, 4) is 0 Å². The van der Waals surface area contributed by atoms with Crippen LogP contribution in [0.25, 0.3) is 0 Å². The molecule has 0 nitrogen and oxygen atoms in total. The van der Waals surface area contributed by atoms with Crippen LogP contribution in [0.3, 0.4) is 0 Å². The molecule has 0 saturated carbocycles. The predicted molar refractivity (Wildman–Crippen MR) is 23.9 cm³/mol. The molecule has 0 amide bonds. The minimum absolute atomic E-state index is 6.14. The standard InChI is InChI=1S/3CF3.Tl/c3*2-1(3)4;. The van der Waals surface area contributed by atoms with E-state index in [1.165, 1.54) is 0 Å². The Bertz CT molecular complexity index is 137. The van der Waals surface area contributed by atoms with Crippen LogP contribution in [-0.4, -0.2) is 33.9 Å². The van der Waals surface area contributed by atoms with E-state index in [1.54, 1.807) is 0 Å². The number of halogens is 9. The summed E-state index contributed by atoms with van der Waals surface area (Å²) in [6.45, 7) is 0. The Hall–Kier alpha value is 0.292. The van der Waals surface area contributed by atoms with Gasteiger partial charge in [0.15, 0.2) is 0 Å². The first kappa shape index (κ1) is 13.3. The molecule has 0 unspecified atom stereocenters. The van der Waals surface area contributed by atoms with E-state index in [1.807, 2.05) is 0 Å². The van der Waals surface area contributed by atoms with Gasteiger partial charge in [-0.3, -0.25) is 0 Å². The first-order valence-corrected chi connectivity index (χ1v) is 9.30. The summed E-state index contributed by atoms with van der Waals surface area (Å²) < 4.78 is 83.9. The quantitative estimate of drug-likeness (QED) is 0.425. The molecule has 0 aliphatic heterocycles. The van der Waals surface area contributed by atoms with Gasteiger partial charge in [0.1, 0.15) is 0 Å². The first-order chi connectivity index (χ1) is 5.37. The Morgan fingerprint density at radius 2 is 0.615 bits per heavy atom. The predicted octanol–water partition coefficient (Wildman–Crippen LogP) is 2.79. The van der Waals surface area contributed by atoms with Crippen LogP contribution in [-0.2, 0) is 0 Å². The van der Waals surface area contributed by atoms with E-state index in [0.717, 1.165) is 0 Å². The van der Waals surface area contributed by atoms with E-state index >= 15 is 0 Å². The molecule has 0 radical (unpaired) electrons. The molecule has 10 heteroatoms. The van der Waals surface area contributed by atoms with Crippen LogP contribution in [0.2, 0.25) is 0 Å². The van der Waals surface area contributed by atoms with Gasteiger partial charge in [-0.25, -0.2) is 0 Å². The molecule has 0 aliphatic carbocycles. The van der Waals surface area contributed by atoms with Crippen LogP contribution >= 0.6 is 0 Å². The third kappa shape index (κ3) is 3.89. The fraction of sp³-hybridized carbons (Fsp3) is 1.00. The summed E-state index contributed by atoms with van der Waals surface area (Å²) in [4.78, 5) is 0. The van der Waals surface area contributed by atoms with Crippen LogP contribution in [0.4, 0.5) is 39.5 Å². The van der Waals surface area contributed by atoms with Crippen molar-refractivity contribution in [3.63, 3.8) is 0 Å². The molecule has 13 heavy (non-hydrogen) atoms. The third-order valence-electron chi connectivity index (χ3n) is 0.982. The van der Waals surface area contributed by atoms with Crippen molar-refractivity contribution in [1.29, 1.82) is 0 Å². The monoisotopic (exact) mass is 412 g/mol.